The minimum atomic E-state index is -1.98. The van der Waals surface area contributed by atoms with Crippen LogP contribution in [0.3, 0.4) is 0 Å². The fourth-order valence-corrected chi connectivity index (χ4v) is 1.04. The molecular formula is C11H7F5O2. The molecule has 0 aliphatic heterocycles. The number of hydrogen-bond donors (Lipinski definition) is 0. The van der Waals surface area contributed by atoms with Crippen LogP contribution in [0.2, 0.25) is 0 Å². The smallest absolute Gasteiger partial charge is 0.338 e. The molecule has 1 rings (SSSR count). The lowest BCUT2D eigenvalue weighted by Gasteiger charge is -2.10. The molecule has 0 atom stereocenters. The first-order chi connectivity index (χ1) is 8.31. The molecule has 0 aromatic heterocycles. The van der Waals surface area contributed by atoms with Crippen molar-refractivity contribution in [2.45, 2.75) is 13.6 Å². The third-order valence-corrected chi connectivity index (χ3v) is 1.99. The number of alkyl halides is 1. The number of halogens is 5. The van der Waals surface area contributed by atoms with E-state index in [9.17, 15) is 26.7 Å². The molecule has 18 heavy (non-hydrogen) atoms. The zero-order valence-corrected chi connectivity index (χ0v) is 9.12. The van der Waals surface area contributed by atoms with E-state index in [1.807, 2.05) is 0 Å². The molecule has 1 aromatic rings. The Kier molecular flexibility index (Phi) is 4.05. The Balaban J connectivity index is 3.38. The highest BCUT2D eigenvalue weighted by Gasteiger charge is 2.28. The number of esters is 1. The van der Waals surface area contributed by atoms with Crippen LogP contribution in [0.15, 0.2) is 12.2 Å². The van der Waals surface area contributed by atoms with E-state index in [0.29, 0.717) is 0 Å². The van der Waals surface area contributed by atoms with Gasteiger partial charge < -0.3 is 4.74 Å². The average molecular weight is 266 g/mol. The van der Waals surface area contributed by atoms with Gasteiger partial charge in [-0.15, -0.1) is 0 Å². The Morgan fingerprint density at radius 1 is 1.11 bits per heavy atom. The summed E-state index contributed by atoms with van der Waals surface area (Å²) in [6.07, 6.45) is 0. The van der Waals surface area contributed by atoms with Gasteiger partial charge in [-0.25, -0.2) is 18.0 Å². The summed E-state index contributed by atoms with van der Waals surface area (Å²) >= 11 is 0. The van der Waals surface area contributed by atoms with Gasteiger partial charge >= 0.3 is 5.97 Å². The van der Waals surface area contributed by atoms with Gasteiger partial charge in [0.1, 0.15) is 6.67 Å². The van der Waals surface area contributed by atoms with Gasteiger partial charge in [0.15, 0.2) is 11.6 Å². The molecule has 1 aromatic carbocycles. The molecule has 0 aliphatic rings. The van der Waals surface area contributed by atoms with Crippen LogP contribution in [-0.2, 0) is 11.5 Å². The van der Waals surface area contributed by atoms with Gasteiger partial charge in [0.25, 0.3) is 0 Å². The lowest BCUT2D eigenvalue weighted by Crippen LogP contribution is -2.14. The van der Waals surface area contributed by atoms with Crippen molar-refractivity contribution < 1.29 is 31.5 Å². The van der Waals surface area contributed by atoms with Crippen LogP contribution >= 0.6 is 0 Å². The molecule has 0 heterocycles. The zero-order chi connectivity index (χ0) is 14.0. The second-order valence-corrected chi connectivity index (χ2v) is 3.37. The molecule has 2 nitrogen and oxygen atoms in total. The first kappa shape index (κ1) is 14.1. The van der Waals surface area contributed by atoms with E-state index < -0.39 is 47.2 Å². The summed E-state index contributed by atoms with van der Waals surface area (Å²) in [6.45, 7) is 2.55. The maximum absolute atomic E-state index is 13.3. The van der Waals surface area contributed by atoms with Gasteiger partial charge in [0.05, 0.1) is 5.56 Å². The standard InChI is InChI=1S/C11H7F5O2/c1-4(2)11(17)18-10-8(15)6(13)5(3-12)7(14)9(10)16/h1,3H2,2H3. The quantitative estimate of drug-likeness (QED) is 0.276. The highest BCUT2D eigenvalue weighted by atomic mass is 19.2. The van der Waals surface area contributed by atoms with Crippen molar-refractivity contribution in [2.75, 3.05) is 0 Å². The van der Waals surface area contributed by atoms with Gasteiger partial charge in [0.2, 0.25) is 17.4 Å². The average Bonchev–Trinajstić information content (AvgIpc) is 2.32. The van der Waals surface area contributed by atoms with Crippen LogP contribution in [0.4, 0.5) is 22.0 Å². The Hall–Kier alpha value is -1.92. The summed E-state index contributed by atoms with van der Waals surface area (Å²) in [6, 6.07) is 0. The number of rotatable bonds is 3. The van der Waals surface area contributed by atoms with Crippen molar-refractivity contribution in [3.63, 3.8) is 0 Å². The number of hydrogen-bond acceptors (Lipinski definition) is 2. The molecule has 0 amide bonds. The van der Waals surface area contributed by atoms with Gasteiger partial charge in [-0.2, -0.15) is 8.78 Å². The molecule has 0 aliphatic carbocycles. The number of ether oxygens (including phenoxy) is 1. The fraction of sp³-hybridized carbons (Fsp3) is 0.182. The first-order valence-electron chi connectivity index (χ1n) is 4.59. The lowest BCUT2D eigenvalue weighted by atomic mass is 10.2. The maximum Gasteiger partial charge on any atom is 0.338 e. The largest absolute Gasteiger partial charge is 0.417 e. The van der Waals surface area contributed by atoms with E-state index in [0.717, 1.165) is 0 Å². The minimum Gasteiger partial charge on any atom is -0.417 e. The van der Waals surface area contributed by atoms with Crippen LogP contribution in [0, 0.1) is 23.3 Å². The van der Waals surface area contributed by atoms with Gasteiger partial charge in [0, 0.05) is 5.57 Å². The van der Waals surface area contributed by atoms with Crippen molar-refractivity contribution in [1.29, 1.82) is 0 Å². The first-order valence-corrected chi connectivity index (χ1v) is 4.59. The van der Waals surface area contributed by atoms with Crippen LogP contribution in [0.5, 0.6) is 5.75 Å². The molecule has 0 unspecified atom stereocenters. The van der Waals surface area contributed by atoms with Crippen molar-refractivity contribution in [2.24, 2.45) is 0 Å². The van der Waals surface area contributed by atoms with Crippen LogP contribution in [-0.4, -0.2) is 5.97 Å². The van der Waals surface area contributed by atoms with E-state index >= 15 is 0 Å². The van der Waals surface area contributed by atoms with E-state index in [1.165, 1.54) is 6.92 Å². The maximum atomic E-state index is 13.3. The summed E-state index contributed by atoms with van der Waals surface area (Å²) in [5.41, 5.74) is -1.63. The van der Waals surface area contributed by atoms with Crippen LogP contribution in [0.1, 0.15) is 12.5 Å². The van der Waals surface area contributed by atoms with Crippen molar-refractivity contribution in [3.05, 3.63) is 41.0 Å². The second-order valence-electron chi connectivity index (χ2n) is 3.37. The lowest BCUT2D eigenvalue weighted by molar-refractivity contribution is -0.130. The summed E-state index contributed by atoms with van der Waals surface area (Å²) in [5, 5.41) is 0. The number of benzene rings is 1. The number of carbonyl (C=O) groups is 1. The van der Waals surface area contributed by atoms with E-state index in [1.54, 1.807) is 0 Å². The number of carbonyl (C=O) groups excluding carboxylic acids is 1. The predicted molar refractivity (Wildman–Crippen MR) is 51.5 cm³/mol. The summed E-state index contributed by atoms with van der Waals surface area (Å²) in [5.74, 6) is -10.7. The minimum absolute atomic E-state index is 0.232. The Morgan fingerprint density at radius 2 is 1.56 bits per heavy atom. The molecule has 0 saturated carbocycles. The molecule has 7 heteroatoms. The molecular weight excluding hydrogens is 259 g/mol. The molecule has 98 valence electrons. The third-order valence-electron chi connectivity index (χ3n) is 1.99. The third kappa shape index (κ3) is 2.34. The van der Waals surface area contributed by atoms with E-state index in [-0.39, 0.29) is 5.57 Å². The molecule has 0 fully saturated rings. The predicted octanol–water partition coefficient (Wildman–Crippen LogP) is 3.19. The highest BCUT2D eigenvalue weighted by Crippen LogP contribution is 2.30. The summed E-state index contributed by atoms with van der Waals surface area (Å²) in [4.78, 5) is 11.0. The van der Waals surface area contributed by atoms with Gasteiger partial charge in [-0.3, -0.25) is 0 Å². The Bertz CT molecular complexity index is 496. The topological polar surface area (TPSA) is 26.3 Å². The van der Waals surface area contributed by atoms with E-state index in [2.05, 4.69) is 11.3 Å². The summed E-state index contributed by atoms with van der Waals surface area (Å²) in [7, 11) is 0. The van der Waals surface area contributed by atoms with Crippen LogP contribution in [0.25, 0.3) is 0 Å². The Labute approximate surface area is 98.7 Å². The molecule has 0 radical (unpaired) electrons. The van der Waals surface area contributed by atoms with E-state index in [4.69, 9.17) is 0 Å². The molecule has 0 bridgehead atoms. The zero-order valence-electron chi connectivity index (χ0n) is 9.12. The van der Waals surface area contributed by atoms with Crippen molar-refractivity contribution in [1.82, 2.24) is 0 Å². The monoisotopic (exact) mass is 266 g/mol. The fourth-order valence-electron chi connectivity index (χ4n) is 1.04. The molecule has 0 saturated heterocycles. The van der Waals surface area contributed by atoms with Crippen molar-refractivity contribution >= 4 is 5.97 Å². The van der Waals surface area contributed by atoms with Crippen molar-refractivity contribution in [3.8, 4) is 5.75 Å². The Morgan fingerprint density at radius 3 is 1.89 bits per heavy atom. The highest BCUT2D eigenvalue weighted by molar-refractivity contribution is 5.88. The molecule has 0 N–H and O–H groups in total. The second kappa shape index (κ2) is 5.16. The van der Waals surface area contributed by atoms with Gasteiger partial charge in [-0.1, -0.05) is 6.58 Å². The normalized spacial score (nSPS) is 10.3. The van der Waals surface area contributed by atoms with Crippen LogP contribution < -0.4 is 4.74 Å². The summed E-state index contributed by atoms with van der Waals surface area (Å²) < 4.78 is 69.1. The SMILES string of the molecule is C=C(C)C(=O)Oc1c(F)c(F)c(CF)c(F)c1F. The van der Waals surface area contributed by atoms with Gasteiger partial charge in [-0.05, 0) is 6.92 Å². The molecule has 0 spiro atoms.